The molecule has 0 aromatic heterocycles. The minimum atomic E-state index is -3.34. The lowest BCUT2D eigenvalue weighted by atomic mass is 9.90. The fourth-order valence-corrected chi connectivity index (χ4v) is 5.67. The molecule has 0 amide bonds. The summed E-state index contributed by atoms with van der Waals surface area (Å²) in [5.41, 5.74) is 1.08. The Bertz CT molecular complexity index is 663. The number of fused-ring (bicyclic) bond motifs is 1. The third kappa shape index (κ3) is 2.63. The number of allylic oxidation sites excluding steroid dienone is 2. The van der Waals surface area contributed by atoms with E-state index in [1.807, 2.05) is 19.1 Å². The molecule has 1 aromatic carbocycles. The second kappa shape index (κ2) is 5.82. The maximum absolute atomic E-state index is 12.8. The number of hydrogen-bond donors (Lipinski definition) is 0. The molecule has 22 heavy (non-hydrogen) atoms. The summed E-state index contributed by atoms with van der Waals surface area (Å²) in [6.45, 7) is 7.67. The van der Waals surface area contributed by atoms with E-state index in [0.29, 0.717) is 41.7 Å². The molecule has 2 aliphatic rings. The average molecular weight is 319 g/mol. The summed E-state index contributed by atoms with van der Waals surface area (Å²) in [5, 5.41) is 0. The maximum Gasteiger partial charge on any atom is 0.243 e. The molecule has 1 heterocycles. The van der Waals surface area contributed by atoms with Gasteiger partial charge in [-0.25, -0.2) is 8.42 Å². The van der Waals surface area contributed by atoms with E-state index in [-0.39, 0.29) is 0 Å². The van der Waals surface area contributed by atoms with Gasteiger partial charge in [0.1, 0.15) is 0 Å². The standard InChI is InChI=1S/C18H25NO2S/c1-4-5-15-10-16-11-19(12-18(16)14(15)3)22(20,21)17-8-6-13(2)7-9-17/h4-9,14-16,18H,10-12H2,1-3H3/b5-4+/t14-,15-,16+,18+/m0/s1. The molecule has 120 valence electrons. The van der Waals surface area contributed by atoms with Crippen LogP contribution in [0.1, 0.15) is 25.8 Å². The molecule has 3 nitrogen and oxygen atoms in total. The molecule has 2 fully saturated rings. The molecule has 0 bridgehead atoms. The van der Waals surface area contributed by atoms with Crippen molar-refractivity contribution >= 4 is 10.0 Å². The third-order valence-corrected chi connectivity index (χ3v) is 7.33. The van der Waals surface area contributed by atoms with Crippen LogP contribution < -0.4 is 0 Å². The van der Waals surface area contributed by atoms with Crippen molar-refractivity contribution in [1.29, 1.82) is 0 Å². The van der Waals surface area contributed by atoms with Crippen LogP contribution in [-0.2, 0) is 10.0 Å². The Morgan fingerprint density at radius 1 is 1.18 bits per heavy atom. The predicted octanol–water partition coefficient (Wildman–Crippen LogP) is 3.46. The van der Waals surface area contributed by atoms with Crippen LogP contribution in [0.5, 0.6) is 0 Å². The molecule has 0 radical (unpaired) electrons. The van der Waals surface area contributed by atoms with E-state index in [1.165, 1.54) is 0 Å². The summed E-state index contributed by atoms with van der Waals surface area (Å²) in [4.78, 5) is 0.427. The van der Waals surface area contributed by atoms with Crippen molar-refractivity contribution in [1.82, 2.24) is 4.31 Å². The average Bonchev–Trinajstić information content (AvgIpc) is 3.01. The lowest BCUT2D eigenvalue weighted by molar-refractivity contribution is 0.353. The number of sulfonamides is 1. The van der Waals surface area contributed by atoms with Crippen LogP contribution >= 0.6 is 0 Å². The van der Waals surface area contributed by atoms with E-state index >= 15 is 0 Å². The Morgan fingerprint density at radius 2 is 1.86 bits per heavy atom. The van der Waals surface area contributed by atoms with Crippen LogP contribution in [0.25, 0.3) is 0 Å². The lowest BCUT2D eigenvalue weighted by Crippen LogP contribution is -2.31. The van der Waals surface area contributed by atoms with Crippen molar-refractivity contribution in [3.8, 4) is 0 Å². The first-order valence-electron chi connectivity index (χ1n) is 8.13. The van der Waals surface area contributed by atoms with E-state index in [1.54, 1.807) is 16.4 Å². The Hall–Kier alpha value is -1.13. The summed E-state index contributed by atoms with van der Waals surface area (Å²) in [6, 6.07) is 7.19. The second-order valence-electron chi connectivity index (χ2n) is 6.84. The van der Waals surface area contributed by atoms with Crippen LogP contribution in [0.4, 0.5) is 0 Å². The third-order valence-electron chi connectivity index (χ3n) is 5.48. The molecule has 0 N–H and O–H groups in total. The molecule has 0 spiro atoms. The summed E-state index contributed by atoms with van der Waals surface area (Å²) >= 11 is 0. The predicted molar refractivity (Wildman–Crippen MR) is 89.0 cm³/mol. The SMILES string of the molecule is C/C=C/[C@H]1C[C@@H]2CN(S(=O)(=O)c3ccc(C)cc3)C[C@@H]2[C@H]1C. The molecule has 4 atom stereocenters. The van der Waals surface area contributed by atoms with Crippen LogP contribution in [0.3, 0.4) is 0 Å². The molecule has 0 unspecified atom stereocenters. The molecular formula is C18H25NO2S. The highest BCUT2D eigenvalue weighted by atomic mass is 32.2. The van der Waals surface area contributed by atoms with E-state index in [9.17, 15) is 8.42 Å². The highest BCUT2D eigenvalue weighted by Crippen LogP contribution is 2.47. The van der Waals surface area contributed by atoms with Gasteiger partial charge in [-0.05, 0) is 56.1 Å². The number of aryl methyl sites for hydroxylation is 1. The lowest BCUT2D eigenvalue weighted by Gasteiger charge is -2.21. The van der Waals surface area contributed by atoms with Gasteiger partial charge in [0.05, 0.1) is 4.90 Å². The minimum absolute atomic E-state index is 0.427. The van der Waals surface area contributed by atoms with E-state index < -0.39 is 10.0 Å². The van der Waals surface area contributed by atoms with Crippen molar-refractivity contribution in [2.75, 3.05) is 13.1 Å². The molecule has 1 aliphatic carbocycles. The van der Waals surface area contributed by atoms with Crippen LogP contribution in [0.15, 0.2) is 41.3 Å². The van der Waals surface area contributed by atoms with Crippen molar-refractivity contribution < 1.29 is 8.42 Å². The number of benzene rings is 1. The molecule has 1 aliphatic heterocycles. The van der Waals surface area contributed by atoms with Crippen molar-refractivity contribution in [3.63, 3.8) is 0 Å². The number of rotatable bonds is 3. The fourth-order valence-electron chi connectivity index (χ4n) is 4.14. The second-order valence-corrected chi connectivity index (χ2v) is 8.78. The van der Waals surface area contributed by atoms with Gasteiger partial charge in [-0.1, -0.05) is 36.8 Å². The molecule has 4 heteroatoms. The highest BCUT2D eigenvalue weighted by Gasteiger charge is 2.47. The number of hydrogen-bond acceptors (Lipinski definition) is 2. The van der Waals surface area contributed by atoms with Crippen molar-refractivity contribution in [2.45, 2.75) is 32.1 Å². The zero-order valence-electron chi connectivity index (χ0n) is 13.6. The minimum Gasteiger partial charge on any atom is -0.207 e. The molecular weight excluding hydrogens is 294 g/mol. The molecule has 1 saturated heterocycles. The Labute approximate surface area is 134 Å². The van der Waals surface area contributed by atoms with Gasteiger partial charge in [-0.2, -0.15) is 4.31 Å². The quantitative estimate of drug-likeness (QED) is 0.800. The maximum atomic E-state index is 12.8. The smallest absolute Gasteiger partial charge is 0.207 e. The van der Waals surface area contributed by atoms with Gasteiger partial charge in [-0.3, -0.25) is 0 Å². The van der Waals surface area contributed by atoms with Gasteiger partial charge in [0.2, 0.25) is 10.0 Å². The summed E-state index contributed by atoms with van der Waals surface area (Å²) in [7, 11) is -3.34. The van der Waals surface area contributed by atoms with Gasteiger partial charge in [0.25, 0.3) is 0 Å². The van der Waals surface area contributed by atoms with E-state index in [2.05, 4.69) is 26.0 Å². The summed E-state index contributed by atoms with van der Waals surface area (Å²) in [5.74, 6) is 2.20. The summed E-state index contributed by atoms with van der Waals surface area (Å²) in [6.07, 6.45) is 5.54. The van der Waals surface area contributed by atoms with Gasteiger partial charge in [-0.15, -0.1) is 0 Å². The van der Waals surface area contributed by atoms with Crippen molar-refractivity contribution in [2.24, 2.45) is 23.7 Å². The Kier molecular flexibility index (Phi) is 4.17. The van der Waals surface area contributed by atoms with E-state index in [4.69, 9.17) is 0 Å². The molecule has 1 saturated carbocycles. The normalized spacial score (nSPS) is 32.7. The zero-order valence-corrected chi connectivity index (χ0v) is 14.4. The first-order chi connectivity index (χ1) is 10.4. The van der Waals surface area contributed by atoms with Crippen molar-refractivity contribution in [3.05, 3.63) is 42.0 Å². The molecule has 1 aromatic rings. The van der Waals surface area contributed by atoms with E-state index in [0.717, 1.165) is 12.0 Å². The highest BCUT2D eigenvalue weighted by molar-refractivity contribution is 7.89. The van der Waals surface area contributed by atoms with Gasteiger partial charge in [0, 0.05) is 13.1 Å². The monoisotopic (exact) mass is 319 g/mol. The van der Waals surface area contributed by atoms with Crippen LogP contribution in [-0.4, -0.2) is 25.8 Å². The molecule has 3 rings (SSSR count). The Morgan fingerprint density at radius 3 is 2.45 bits per heavy atom. The largest absolute Gasteiger partial charge is 0.243 e. The van der Waals surface area contributed by atoms with Crippen LogP contribution in [0, 0.1) is 30.6 Å². The first kappa shape index (κ1) is 15.8. The fraction of sp³-hybridized carbons (Fsp3) is 0.556. The zero-order chi connectivity index (χ0) is 15.9. The Balaban J connectivity index is 1.78. The summed E-state index contributed by atoms with van der Waals surface area (Å²) < 4.78 is 27.3. The van der Waals surface area contributed by atoms with Gasteiger partial charge < -0.3 is 0 Å². The topological polar surface area (TPSA) is 37.4 Å². The van der Waals surface area contributed by atoms with Crippen LogP contribution in [0.2, 0.25) is 0 Å². The van der Waals surface area contributed by atoms with Gasteiger partial charge >= 0.3 is 0 Å². The number of nitrogens with zero attached hydrogens (tertiary/aromatic N) is 1. The first-order valence-corrected chi connectivity index (χ1v) is 9.57. The van der Waals surface area contributed by atoms with Gasteiger partial charge in [0.15, 0.2) is 0 Å².